The number of hydrogen-bond donors (Lipinski definition) is 0. The van der Waals surface area contributed by atoms with E-state index in [0.29, 0.717) is 17.9 Å². The van der Waals surface area contributed by atoms with E-state index in [1.807, 2.05) is 0 Å². The standard InChI is InChI=1S/C7H8ClFO/c1-10-7-5(8)3-2-4-6(7)9/h3H,2,4H2,1H3. The van der Waals surface area contributed by atoms with Gasteiger partial charge in [-0.05, 0) is 6.42 Å². The fraction of sp³-hybridized carbons (Fsp3) is 0.429. The molecule has 0 radical (unpaired) electrons. The molecule has 0 aromatic carbocycles. The molecule has 0 N–H and O–H groups in total. The van der Waals surface area contributed by atoms with Gasteiger partial charge in [0.25, 0.3) is 0 Å². The van der Waals surface area contributed by atoms with E-state index in [9.17, 15) is 4.39 Å². The smallest absolute Gasteiger partial charge is 0.168 e. The third-order valence-corrected chi connectivity index (χ3v) is 1.68. The van der Waals surface area contributed by atoms with E-state index in [2.05, 4.69) is 0 Å². The summed E-state index contributed by atoms with van der Waals surface area (Å²) >= 11 is 5.62. The van der Waals surface area contributed by atoms with Gasteiger partial charge >= 0.3 is 0 Å². The zero-order valence-corrected chi connectivity index (χ0v) is 6.41. The van der Waals surface area contributed by atoms with Gasteiger partial charge in [0.1, 0.15) is 5.83 Å². The zero-order chi connectivity index (χ0) is 7.56. The normalized spacial score (nSPS) is 18.9. The van der Waals surface area contributed by atoms with E-state index < -0.39 is 0 Å². The third-order valence-electron chi connectivity index (χ3n) is 1.35. The van der Waals surface area contributed by atoms with Gasteiger partial charge in [-0.25, -0.2) is 4.39 Å². The van der Waals surface area contributed by atoms with Crippen LogP contribution in [0.15, 0.2) is 22.7 Å². The Bertz CT molecular complexity index is 196. The average Bonchev–Trinajstić information content (AvgIpc) is 1.88. The second-order valence-corrected chi connectivity index (χ2v) is 2.44. The van der Waals surface area contributed by atoms with Gasteiger partial charge in [0.15, 0.2) is 5.76 Å². The molecule has 0 amide bonds. The molecule has 0 unspecified atom stereocenters. The summed E-state index contributed by atoms with van der Waals surface area (Å²) < 4.78 is 17.4. The molecule has 0 heterocycles. The molecule has 0 spiro atoms. The summed E-state index contributed by atoms with van der Waals surface area (Å²) in [4.78, 5) is 0. The summed E-state index contributed by atoms with van der Waals surface area (Å²) in [5, 5.41) is 0.381. The molecule has 0 bridgehead atoms. The highest BCUT2D eigenvalue weighted by molar-refractivity contribution is 6.31. The predicted octanol–water partition coefficient (Wildman–Crippen LogP) is 2.73. The lowest BCUT2D eigenvalue weighted by atomic mass is 10.1. The van der Waals surface area contributed by atoms with E-state index in [0.717, 1.165) is 0 Å². The molecular formula is C7H8ClFO. The molecule has 0 aromatic heterocycles. The van der Waals surface area contributed by atoms with Crippen LogP contribution in [0, 0.1) is 0 Å². The number of hydrogen-bond acceptors (Lipinski definition) is 1. The van der Waals surface area contributed by atoms with E-state index in [1.54, 1.807) is 6.08 Å². The third kappa shape index (κ3) is 1.32. The van der Waals surface area contributed by atoms with Crippen molar-refractivity contribution in [3.8, 4) is 0 Å². The summed E-state index contributed by atoms with van der Waals surface area (Å²) in [6, 6.07) is 0. The Labute approximate surface area is 64.1 Å². The monoisotopic (exact) mass is 162 g/mol. The second kappa shape index (κ2) is 3.06. The second-order valence-electron chi connectivity index (χ2n) is 2.03. The Balaban J connectivity index is 2.87. The SMILES string of the molecule is COC1=C(F)CCC=C1Cl. The van der Waals surface area contributed by atoms with E-state index in [4.69, 9.17) is 16.3 Å². The number of rotatable bonds is 1. The molecule has 0 fully saturated rings. The lowest BCUT2D eigenvalue weighted by Gasteiger charge is -2.10. The molecule has 10 heavy (non-hydrogen) atoms. The van der Waals surface area contributed by atoms with Crippen molar-refractivity contribution in [2.45, 2.75) is 12.8 Å². The van der Waals surface area contributed by atoms with Crippen LogP contribution in [0.5, 0.6) is 0 Å². The van der Waals surface area contributed by atoms with Gasteiger partial charge in [-0.1, -0.05) is 17.7 Å². The fourth-order valence-electron chi connectivity index (χ4n) is 0.870. The van der Waals surface area contributed by atoms with Gasteiger partial charge in [0.2, 0.25) is 0 Å². The van der Waals surface area contributed by atoms with Crippen LogP contribution in [0.1, 0.15) is 12.8 Å². The maximum atomic E-state index is 12.7. The van der Waals surface area contributed by atoms with Crippen molar-refractivity contribution in [1.82, 2.24) is 0 Å². The lowest BCUT2D eigenvalue weighted by molar-refractivity contribution is 0.282. The van der Waals surface area contributed by atoms with Gasteiger partial charge in [0.05, 0.1) is 12.1 Å². The Kier molecular flexibility index (Phi) is 2.33. The Morgan fingerprint density at radius 2 is 2.40 bits per heavy atom. The van der Waals surface area contributed by atoms with Crippen molar-refractivity contribution in [3.63, 3.8) is 0 Å². The first kappa shape index (κ1) is 7.61. The van der Waals surface area contributed by atoms with Crippen molar-refractivity contribution < 1.29 is 9.13 Å². The van der Waals surface area contributed by atoms with Crippen LogP contribution >= 0.6 is 11.6 Å². The molecular weight excluding hydrogens is 155 g/mol. The average molecular weight is 163 g/mol. The number of allylic oxidation sites excluding steroid dienone is 3. The van der Waals surface area contributed by atoms with Crippen molar-refractivity contribution in [3.05, 3.63) is 22.7 Å². The van der Waals surface area contributed by atoms with Crippen molar-refractivity contribution in [2.75, 3.05) is 7.11 Å². The van der Waals surface area contributed by atoms with Crippen LogP contribution in [0.2, 0.25) is 0 Å². The van der Waals surface area contributed by atoms with Crippen molar-refractivity contribution >= 4 is 11.6 Å². The molecule has 1 aliphatic rings. The van der Waals surface area contributed by atoms with E-state index in [-0.39, 0.29) is 11.6 Å². The van der Waals surface area contributed by atoms with E-state index >= 15 is 0 Å². The first-order chi connectivity index (χ1) is 4.75. The van der Waals surface area contributed by atoms with E-state index in [1.165, 1.54) is 7.11 Å². The molecule has 0 saturated heterocycles. The van der Waals surface area contributed by atoms with Gasteiger partial charge in [-0.15, -0.1) is 0 Å². The van der Waals surface area contributed by atoms with Gasteiger partial charge in [-0.2, -0.15) is 0 Å². The predicted molar refractivity (Wildman–Crippen MR) is 38.3 cm³/mol. The molecule has 3 heteroatoms. The molecule has 0 atom stereocenters. The minimum Gasteiger partial charge on any atom is -0.492 e. The molecule has 0 aliphatic heterocycles. The lowest BCUT2D eigenvalue weighted by Crippen LogP contribution is -1.96. The Morgan fingerprint density at radius 1 is 1.70 bits per heavy atom. The minimum absolute atomic E-state index is 0.188. The van der Waals surface area contributed by atoms with Crippen LogP contribution in [0.3, 0.4) is 0 Å². The minimum atomic E-state index is -0.255. The molecule has 0 aromatic rings. The van der Waals surface area contributed by atoms with Crippen LogP contribution < -0.4 is 0 Å². The number of halogens is 2. The first-order valence-electron chi connectivity index (χ1n) is 3.04. The number of ether oxygens (including phenoxy) is 1. The maximum absolute atomic E-state index is 12.7. The zero-order valence-electron chi connectivity index (χ0n) is 5.66. The quantitative estimate of drug-likeness (QED) is 0.576. The summed E-state index contributed by atoms with van der Waals surface area (Å²) in [6.07, 6.45) is 2.82. The van der Waals surface area contributed by atoms with Crippen molar-refractivity contribution in [1.29, 1.82) is 0 Å². The van der Waals surface area contributed by atoms with Crippen LogP contribution in [0.25, 0.3) is 0 Å². The van der Waals surface area contributed by atoms with Crippen LogP contribution in [0.4, 0.5) is 4.39 Å². The topological polar surface area (TPSA) is 9.23 Å². The van der Waals surface area contributed by atoms with Crippen LogP contribution in [-0.2, 0) is 4.74 Å². The Morgan fingerprint density at radius 3 is 2.80 bits per heavy atom. The molecule has 0 saturated carbocycles. The van der Waals surface area contributed by atoms with Crippen LogP contribution in [-0.4, -0.2) is 7.11 Å². The molecule has 1 nitrogen and oxygen atoms in total. The summed E-state index contributed by atoms with van der Waals surface area (Å²) in [5.74, 6) is -0.0667. The summed E-state index contributed by atoms with van der Waals surface area (Å²) in [7, 11) is 1.41. The maximum Gasteiger partial charge on any atom is 0.168 e. The van der Waals surface area contributed by atoms with Gasteiger partial charge in [0, 0.05) is 6.42 Å². The largest absolute Gasteiger partial charge is 0.492 e. The highest BCUT2D eigenvalue weighted by Gasteiger charge is 2.14. The summed E-state index contributed by atoms with van der Waals surface area (Å²) in [6.45, 7) is 0. The highest BCUT2D eigenvalue weighted by Crippen LogP contribution is 2.28. The number of methoxy groups -OCH3 is 1. The first-order valence-corrected chi connectivity index (χ1v) is 3.42. The summed E-state index contributed by atoms with van der Waals surface area (Å²) in [5.41, 5.74) is 0. The highest BCUT2D eigenvalue weighted by atomic mass is 35.5. The Hall–Kier alpha value is -0.500. The molecule has 56 valence electrons. The van der Waals surface area contributed by atoms with Gasteiger partial charge < -0.3 is 4.74 Å². The van der Waals surface area contributed by atoms with Crippen molar-refractivity contribution in [2.24, 2.45) is 0 Å². The molecule has 1 aliphatic carbocycles. The fourth-order valence-corrected chi connectivity index (χ4v) is 1.16. The van der Waals surface area contributed by atoms with Gasteiger partial charge in [-0.3, -0.25) is 0 Å². The molecule has 1 rings (SSSR count).